The van der Waals surface area contributed by atoms with Crippen LogP contribution in [0.25, 0.3) is 22.9 Å². The number of hydrogen-bond donors (Lipinski definition) is 1. The Labute approximate surface area is 245 Å². The molecule has 0 amide bonds. The van der Waals surface area contributed by atoms with Crippen molar-refractivity contribution in [2.75, 3.05) is 13.8 Å². The van der Waals surface area contributed by atoms with Gasteiger partial charge in [0.2, 0.25) is 0 Å². The van der Waals surface area contributed by atoms with Gasteiger partial charge in [0.15, 0.2) is 11.6 Å². The third kappa shape index (κ3) is 8.94. The van der Waals surface area contributed by atoms with Crippen molar-refractivity contribution < 1.29 is 29.3 Å². The Balaban J connectivity index is 0.000000169. The van der Waals surface area contributed by atoms with Gasteiger partial charge < -0.3 is 14.5 Å². The van der Waals surface area contributed by atoms with Crippen molar-refractivity contribution in [1.82, 2.24) is 34.5 Å². The Bertz CT molecular complexity index is 1430. The van der Waals surface area contributed by atoms with E-state index >= 15 is 0 Å². The minimum Gasteiger partial charge on any atom is -0.516 e. The number of methoxy groups -OCH3 is 1. The van der Waals surface area contributed by atoms with Crippen LogP contribution < -0.4 is 15.2 Å². The van der Waals surface area contributed by atoms with Crippen LogP contribution in [0.3, 0.4) is 0 Å². The fourth-order valence-corrected chi connectivity index (χ4v) is 3.25. The standard InChI is InChI=1S/C13H13N2O2.2C8H7N3.Os/c1-16-11-4-2-3-10(7-11)13-8-12(17-9-14)5-6-15-13;2*1-2-5-9-8(4-1)11-7-3-6-10-11;/h2,4-8H,9,14H2,1H3;2*1-7H;/q-1;;;+1. The van der Waals surface area contributed by atoms with Crippen molar-refractivity contribution in [3.63, 3.8) is 0 Å². The monoisotopic (exact) mass is 711 g/mol. The predicted molar refractivity (Wildman–Crippen MR) is 147 cm³/mol. The number of benzene rings is 1. The minimum atomic E-state index is 0. The van der Waals surface area contributed by atoms with E-state index in [4.69, 9.17) is 15.2 Å². The van der Waals surface area contributed by atoms with Gasteiger partial charge in [-0.2, -0.15) is 10.2 Å². The number of pyridine rings is 3. The van der Waals surface area contributed by atoms with E-state index in [0.29, 0.717) is 5.75 Å². The average Bonchev–Trinajstić information content (AvgIpc) is 3.75. The van der Waals surface area contributed by atoms with E-state index < -0.39 is 0 Å². The van der Waals surface area contributed by atoms with Gasteiger partial charge >= 0.3 is 19.8 Å². The van der Waals surface area contributed by atoms with Crippen molar-refractivity contribution in [3.8, 4) is 34.4 Å². The van der Waals surface area contributed by atoms with Crippen molar-refractivity contribution in [2.24, 2.45) is 5.73 Å². The Kier molecular flexibility index (Phi) is 12.2. The average molecular weight is 710 g/mol. The Morgan fingerprint density at radius 2 is 1.38 bits per heavy atom. The summed E-state index contributed by atoms with van der Waals surface area (Å²) in [6, 6.07) is 27.4. The Hall–Kier alpha value is -4.71. The van der Waals surface area contributed by atoms with Gasteiger partial charge in [-0.05, 0) is 54.2 Å². The van der Waals surface area contributed by atoms with Gasteiger partial charge in [0.1, 0.15) is 12.5 Å². The zero-order chi connectivity index (χ0) is 27.1. The zero-order valence-electron chi connectivity index (χ0n) is 21.6. The largest absolute Gasteiger partial charge is 1.00 e. The maximum absolute atomic E-state index is 5.32. The summed E-state index contributed by atoms with van der Waals surface area (Å²) in [7, 11) is 1.63. The van der Waals surface area contributed by atoms with Crippen LogP contribution in [0.1, 0.15) is 0 Å². The molecule has 10 nitrogen and oxygen atoms in total. The van der Waals surface area contributed by atoms with Gasteiger partial charge in [0.25, 0.3) is 0 Å². The maximum atomic E-state index is 5.32. The van der Waals surface area contributed by atoms with E-state index in [1.165, 1.54) is 0 Å². The predicted octanol–water partition coefficient (Wildman–Crippen LogP) is 4.38. The van der Waals surface area contributed by atoms with E-state index in [0.717, 1.165) is 28.6 Å². The first-order valence-corrected chi connectivity index (χ1v) is 11.9. The molecule has 2 N–H and O–H groups in total. The summed E-state index contributed by atoms with van der Waals surface area (Å²) in [5, 5.41) is 8.08. The van der Waals surface area contributed by atoms with Crippen LogP contribution in [0.5, 0.6) is 11.5 Å². The summed E-state index contributed by atoms with van der Waals surface area (Å²) >= 11 is 0. The van der Waals surface area contributed by atoms with Crippen LogP contribution >= 0.6 is 0 Å². The summed E-state index contributed by atoms with van der Waals surface area (Å²) in [4.78, 5) is 12.5. The van der Waals surface area contributed by atoms with Crippen LogP contribution in [0.2, 0.25) is 0 Å². The first-order valence-electron chi connectivity index (χ1n) is 11.9. The molecule has 1 aromatic carbocycles. The number of ether oxygens (including phenoxy) is 2. The van der Waals surface area contributed by atoms with Crippen molar-refractivity contribution in [2.45, 2.75) is 0 Å². The summed E-state index contributed by atoms with van der Waals surface area (Å²) in [5.41, 5.74) is 6.95. The molecule has 0 spiro atoms. The van der Waals surface area contributed by atoms with Gasteiger partial charge in [-0.25, -0.2) is 19.3 Å². The van der Waals surface area contributed by atoms with Gasteiger partial charge in [-0.1, -0.05) is 12.1 Å². The maximum Gasteiger partial charge on any atom is 1.00 e. The molecule has 0 fully saturated rings. The van der Waals surface area contributed by atoms with Gasteiger partial charge in [-0.15, -0.1) is 29.8 Å². The van der Waals surface area contributed by atoms with Crippen LogP contribution in [0.4, 0.5) is 0 Å². The molecule has 5 aromatic heterocycles. The number of aromatic nitrogens is 7. The fourth-order valence-electron chi connectivity index (χ4n) is 3.25. The van der Waals surface area contributed by atoms with E-state index in [9.17, 15) is 0 Å². The minimum absolute atomic E-state index is 0. The summed E-state index contributed by atoms with van der Waals surface area (Å²) in [5.74, 6) is 3.15. The second-order valence-electron chi connectivity index (χ2n) is 7.61. The zero-order valence-corrected chi connectivity index (χ0v) is 24.2. The molecule has 203 valence electrons. The molecule has 0 saturated heterocycles. The molecule has 0 aliphatic heterocycles. The summed E-state index contributed by atoms with van der Waals surface area (Å²) in [6.45, 7) is 0.144. The summed E-state index contributed by atoms with van der Waals surface area (Å²) < 4.78 is 13.8. The van der Waals surface area contributed by atoms with Gasteiger partial charge in [-0.3, -0.25) is 5.73 Å². The van der Waals surface area contributed by atoms with Crippen LogP contribution in [0, 0.1) is 6.07 Å². The van der Waals surface area contributed by atoms with Crippen molar-refractivity contribution in [3.05, 3.63) is 128 Å². The molecule has 0 aliphatic rings. The molecule has 6 rings (SSSR count). The number of nitrogens with two attached hydrogens (primary N) is 1. The van der Waals surface area contributed by atoms with Gasteiger partial charge in [0, 0.05) is 49.1 Å². The fraction of sp³-hybridized carbons (Fsp3) is 0.0690. The third-order valence-electron chi connectivity index (χ3n) is 5.04. The molecule has 0 aliphatic carbocycles. The van der Waals surface area contributed by atoms with Crippen molar-refractivity contribution >= 4 is 0 Å². The van der Waals surface area contributed by atoms with Gasteiger partial charge in [0.05, 0.1) is 7.11 Å². The molecule has 6 aromatic rings. The molecule has 0 atom stereocenters. The van der Waals surface area contributed by atoms with E-state index in [2.05, 4.69) is 31.2 Å². The number of rotatable bonds is 6. The molecule has 0 saturated carbocycles. The number of nitrogens with zero attached hydrogens (tertiary/aromatic N) is 7. The van der Waals surface area contributed by atoms with Crippen molar-refractivity contribution in [1.29, 1.82) is 0 Å². The SMILES string of the molecule is COc1cc[c-]c(-c2cc(OCN)ccn2)c1.[Os+].c1ccc(-n2cccn2)nc1.c1ccc(-n2cccn2)nc1. The first-order chi connectivity index (χ1) is 19.3. The first kappa shape index (κ1) is 29.8. The molecule has 11 heteroatoms. The molecule has 5 heterocycles. The van der Waals surface area contributed by atoms with Crippen LogP contribution in [-0.4, -0.2) is 48.4 Å². The quantitative estimate of drug-likeness (QED) is 0.200. The third-order valence-corrected chi connectivity index (χ3v) is 5.04. The molecule has 1 radical (unpaired) electrons. The second-order valence-corrected chi connectivity index (χ2v) is 7.61. The van der Waals surface area contributed by atoms with Crippen LogP contribution in [0.15, 0.2) is 122 Å². The van der Waals surface area contributed by atoms with E-state index in [1.54, 1.807) is 59.6 Å². The number of hydrogen-bond acceptors (Lipinski definition) is 8. The Morgan fingerprint density at radius 1 is 0.725 bits per heavy atom. The molecular formula is C29H27N8O2Os. The summed E-state index contributed by atoms with van der Waals surface area (Å²) in [6.07, 6.45) is 12.4. The molecule has 40 heavy (non-hydrogen) atoms. The topological polar surface area (TPSA) is 119 Å². The Morgan fingerprint density at radius 3 is 1.88 bits per heavy atom. The molecular weight excluding hydrogens is 683 g/mol. The second kappa shape index (κ2) is 16.3. The van der Waals surface area contributed by atoms with E-state index in [1.807, 2.05) is 79.1 Å². The normalized spacial score (nSPS) is 9.65. The smallest absolute Gasteiger partial charge is 0.516 e. The van der Waals surface area contributed by atoms with E-state index in [-0.39, 0.29) is 26.5 Å². The van der Waals surface area contributed by atoms with Crippen LogP contribution in [-0.2, 0) is 19.8 Å². The molecule has 0 unspecified atom stereocenters. The molecule has 0 bridgehead atoms.